The average molecular weight is 371 g/mol. The van der Waals surface area contributed by atoms with Crippen LogP contribution in [0.2, 0.25) is 0 Å². The zero-order valence-corrected chi connectivity index (χ0v) is 14.8. The Bertz CT molecular complexity index is 824. The highest BCUT2D eigenvalue weighted by molar-refractivity contribution is 5.84. The number of fused-ring (bicyclic) bond motifs is 1. The van der Waals surface area contributed by atoms with E-state index in [0.29, 0.717) is 24.1 Å². The normalized spacial score (nSPS) is 24.6. The second-order valence-electron chi connectivity index (χ2n) is 7.09. The Balaban J connectivity index is 1.42. The molecule has 3 atom stereocenters. The Labute approximate surface area is 155 Å². The molecule has 0 radical (unpaired) electrons. The molecule has 4 rings (SSSR count). The maximum Gasteiger partial charge on any atom is 0.326 e. The van der Waals surface area contributed by atoms with Gasteiger partial charge in [0.2, 0.25) is 23.4 Å². The number of aryl methyl sites for hydroxylation is 1. The van der Waals surface area contributed by atoms with E-state index in [9.17, 15) is 14.7 Å². The summed E-state index contributed by atoms with van der Waals surface area (Å²) in [5, 5.41) is 13.4. The lowest BCUT2D eigenvalue weighted by Crippen LogP contribution is -2.46. The largest absolute Gasteiger partial charge is 0.480 e. The maximum atomic E-state index is 12.8. The van der Waals surface area contributed by atoms with Gasteiger partial charge in [-0.05, 0) is 31.2 Å². The summed E-state index contributed by atoms with van der Waals surface area (Å²) in [6, 6.07) is 1.02. The van der Waals surface area contributed by atoms with Crippen LogP contribution in [0.15, 0.2) is 23.0 Å². The predicted octanol–water partition coefficient (Wildman–Crippen LogP) is 1.70. The first-order valence-electron chi connectivity index (χ1n) is 9.27. The van der Waals surface area contributed by atoms with Gasteiger partial charge in [0, 0.05) is 31.3 Å². The number of likely N-dealkylation sites (tertiary alicyclic amines) is 1. The van der Waals surface area contributed by atoms with Gasteiger partial charge in [0.25, 0.3) is 0 Å². The van der Waals surface area contributed by atoms with Gasteiger partial charge in [0.05, 0.1) is 0 Å². The number of carbonyl (C=O) groups excluding carboxylic acids is 1. The van der Waals surface area contributed by atoms with Crippen LogP contribution in [0.3, 0.4) is 0 Å². The first-order valence-corrected chi connectivity index (χ1v) is 9.27. The van der Waals surface area contributed by atoms with E-state index in [1.54, 1.807) is 23.4 Å². The number of hydrogen-bond donors (Lipinski definition) is 1. The van der Waals surface area contributed by atoms with Gasteiger partial charge in [0.1, 0.15) is 6.04 Å². The molecular formula is C18H21N5O4. The predicted molar refractivity (Wildman–Crippen MR) is 92.3 cm³/mol. The molecule has 1 amide bonds. The summed E-state index contributed by atoms with van der Waals surface area (Å²) in [6.45, 7) is 0. The quantitative estimate of drug-likeness (QED) is 0.842. The van der Waals surface area contributed by atoms with Crippen molar-refractivity contribution in [2.45, 2.75) is 57.0 Å². The van der Waals surface area contributed by atoms with Crippen molar-refractivity contribution in [1.29, 1.82) is 0 Å². The maximum absolute atomic E-state index is 12.8. The molecule has 1 saturated carbocycles. The molecule has 1 aliphatic heterocycles. The fraction of sp³-hybridized carbons (Fsp3) is 0.556. The van der Waals surface area contributed by atoms with Crippen molar-refractivity contribution in [3.63, 3.8) is 0 Å². The van der Waals surface area contributed by atoms with Crippen LogP contribution in [-0.4, -0.2) is 54.1 Å². The first kappa shape index (κ1) is 17.6. The van der Waals surface area contributed by atoms with Crippen LogP contribution >= 0.6 is 0 Å². The summed E-state index contributed by atoms with van der Waals surface area (Å²) in [5.74, 6) is 0.169. The first-order chi connectivity index (χ1) is 13.1. The van der Waals surface area contributed by atoms with Crippen LogP contribution in [-0.2, 0) is 16.0 Å². The number of carboxylic acids is 1. The molecule has 1 saturated heterocycles. The molecule has 2 fully saturated rings. The van der Waals surface area contributed by atoms with Gasteiger partial charge < -0.3 is 14.5 Å². The molecule has 3 heterocycles. The molecule has 1 aliphatic carbocycles. The van der Waals surface area contributed by atoms with Crippen molar-refractivity contribution >= 4 is 11.9 Å². The highest BCUT2D eigenvalue weighted by Crippen LogP contribution is 2.40. The highest BCUT2D eigenvalue weighted by Gasteiger charge is 2.47. The molecule has 9 nitrogen and oxygen atoms in total. The summed E-state index contributed by atoms with van der Waals surface area (Å²) < 4.78 is 5.18. The third kappa shape index (κ3) is 3.54. The molecule has 27 heavy (non-hydrogen) atoms. The van der Waals surface area contributed by atoms with Crippen LogP contribution in [0, 0.1) is 5.92 Å². The van der Waals surface area contributed by atoms with E-state index in [0.717, 1.165) is 25.7 Å². The Kier molecular flexibility index (Phi) is 4.83. The van der Waals surface area contributed by atoms with Crippen molar-refractivity contribution in [3.05, 3.63) is 24.4 Å². The summed E-state index contributed by atoms with van der Waals surface area (Å²) in [4.78, 5) is 38.4. The van der Waals surface area contributed by atoms with E-state index in [4.69, 9.17) is 4.52 Å². The fourth-order valence-electron chi connectivity index (χ4n) is 4.24. The van der Waals surface area contributed by atoms with E-state index >= 15 is 0 Å². The van der Waals surface area contributed by atoms with Crippen LogP contribution in [0.5, 0.6) is 0 Å². The molecule has 9 heteroatoms. The molecule has 0 aromatic carbocycles. The second kappa shape index (κ2) is 7.42. The number of amides is 1. The number of hydrogen-bond acceptors (Lipinski definition) is 7. The molecule has 2 aromatic heterocycles. The lowest BCUT2D eigenvalue weighted by molar-refractivity contribution is -0.149. The third-order valence-corrected chi connectivity index (χ3v) is 5.45. The van der Waals surface area contributed by atoms with Crippen LogP contribution in [0.4, 0.5) is 0 Å². The van der Waals surface area contributed by atoms with Gasteiger partial charge in [-0.25, -0.2) is 14.8 Å². The van der Waals surface area contributed by atoms with Gasteiger partial charge in [-0.15, -0.1) is 0 Å². The van der Waals surface area contributed by atoms with Crippen molar-refractivity contribution < 1.29 is 19.2 Å². The fourth-order valence-corrected chi connectivity index (χ4v) is 4.24. The number of rotatable bonds is 5. The van der Waals surface area contributed by atoms with Crippen molar-refractivity contribution in [2.75, 3.05) is 0 Å². The van der Waals surface area contributed by atoms with Gasteiger partial charge in [0.15, 0.2) is 0 Å². The Morgan fingerprint density at radius 2 is 1.96 bits per heavy atom. The van der Waals surface area contributed by atoms with Crippen LogP contribution < -0.4 is 0 Å². The monoisotopic (exact) mass is 371 g/mol. The number of carbonyl (C=O) groups is 2. The highest BCUT2D eigenvalue weighted by atomic mass is 16.5. The lowest BCUT2D eigenvalue weighted by atomic mass is 9.84. The van der Waals surface area contributed by atoms with E-state index in [1.807, 2.05) is 0 Å². The van der Waals surface area contributed by atoms with E-state index in [2.05, 4.69) is 20.1 Å². The zero-order valence-electron chi connectivity index (χ0n) is 14.8. The summed E-state index contributed by atoms with van der Waals surface area (Å²) >= 11 is 0. The molecule has 0 unspecified atom stereocenters. The Morgan fingerprint density at radius 1 is 1.19 bits per heavy atom. The Hall–Kier alpha value is -2.84. The number of aromatic nitrogens is 4. The van der Waals surface area contributed by atoms with Gasteiger partial charge in [-0.1, -0.05) is 18.0 Å². The molecule has 0 bridgehead atoms. The van der Waals surface area contributed by atoms with Crippen LogP contribution in [0.25, 0.3) is 11.6 Å². The molecular weight excluding hydrogens is 350 g/mol. The van der Waals surface area contributed by atoms with Gasteiger partial charge in [-0.3, -0.25) is 4.79 Å². The minimum Gasteiger partial charge on any atom is -0.480 e. The topological polar surface area (TPSA) is 122 Å². The van der Waals surface area contributed by atoms with Crippen molar-refractivity contribution in [2.24, 2.45) is 5.92 Å². The van der Waals surface area contributed by atoms with E-state index < -0.39 is 12.0 Å². The van der Waals surface area contributed by atoms with E-state index in [1.165, 1.54) is 0 Å². The van der Waals surface area contributed by atoms with Crippen molar-refractivity contribution in [1.82, 2.24) is 25.0 Å². The lowest BCUT2D eigenvalue weighted by Gasteiger charge is -2.33. The minimum absolute atomic E-state index is 0.0447. The van der Waals surface area contributed by atoms with Gasteiger partial charge >= 0.3 is 5.97 Å². The molecule has 0 spiro atoms. The van der Waals surface area contributed by atoms with Gasteiger partial charge in [-0.2, -0.15) is 4.98 Å². The SMILES string of the molecule is O=C(O)[C@@H]1C[C@H]2CCCC[C@H]2N1C(=O)CCc1nc(-c2ncccn2)no1. The minimum atomic E-state index is -0.918. The summed E-state index contributed by atoms with van der Waals surface area (Å²) in [5.41, 5.74) is 0. The summed E-state index contributed by atoms with van der Waals surface area (Å²) in [7, 11) is 0. The zero-order chi connectivity index (χ0) is 18.8. The number of aliphatic carboxylic acids is 1. The molecule has 1 N–H and O–H groups in total. The standard InChI is InChI=1S/C18H21N5O4/c24-15(23-12-5-2-1-4-11(12)10-13(23)18(25)26)7-6-14-21-17(22-27-14)16-19-8-3-9-20-16/h3,8-9,11-13H,1-2,4-7,10H2,(H,25,26)/t11-,12-,13+/m1/s1. The average Bonchev–Trinajstić information content (AvgIpc) is 3.32. The molecule has 2 aromatic rings. The summed E-state index contributed by atoms with van der Waals surface area (Å²) in [6.07, 6.45) is 8.18. The smallest absolute Gasteiger partial charge is 0.326 e. The number of carboxylic acid groups (broad SMARTS) is 1. The van der Waals surface area contributed by atoms with Crippen LogP contribution in [0.1, 0.15) is 44.4 Å². The van der Waals surface area contributed by atoms with E-state index in [-0.39, 0.29) is 30.6 Å². The third-order valence-electron chi connectivity index (χ3n) is 5.45. The second-order valence-corrected chi connectivity index (χ2v) is 7.09. The molecule has 2 aliphatic rings. The molecule has 142 valence electrons. The van der Waals surface area contributed by atoms with Crippen molar-refractivity contribution in [3.8, 4) is 11.6 Å². The Morgan fingerprint density at radius 3 is 2.74 bits per heavy atom. The number of nitrogens with zero attached hydrogens (tertiary/aromatic N) is 5.